The zero-order valence-corrected chi connectivity index (χ0v) is 14.5. The van der Waals surface area contributed by atoms with E-state index in [1.165, 1.54) is 5.56 Å². The van der Waals surface area contributed by atoms with Crippen molar-refractivity contribution in [3.8, 4) is 0 Å². The molecular formula is C19H28B2. The Balaban J connectivity index is 0. The van der Waals surface area contributed by atoms with Gasteiger partial charge in [-0.2, -0.15) is 0 Å². The monoisotopic (exact) mass is 278 g/mol. The van der Waals surface area contributed by atoms with Gasteiger partial charge in [-0.25, -0.2) is 0 Å². The van der Waals surface area contributed by atoms with E-state index in [0.29, 0.717) is 10.8 Å². The van der Waals surface area contributed by atoms with Gasteiger partial charge in [0.15, 0.2) is 0 Å². The molecule has 0 amide bonds. The van der Waals surface area contributed by atoms with Gasteiger partial charge in [0.05, 0.1) is 0 Å². The Bertz CT molecular complexity index is 443. The molecule has 0 saturated heterocycles. The first-order chi connectivity index (χ1) is 8.71. The molecule has 1 aliphatic carbocycles. The van der Waals surface area contributed by atoms with Gasteiger partial charge in [-0.05, 0) is 22.8 Å². The highest BCUT2D eigenvalue weighted by atomic mass is 14.2. The van der Waals surface area contributed by atoms with E-state index in [4.69, 9.17) is 0 Å². The molecule has 110 valence electrons. The Kier molecular flexibility index (Phi) is 9.45. The molecule has 0 fully saturated rings. The van der Waals surface area contributed by atoms with E-state index in [0.717, 1.165) is 6.42 Å². The van der Waals surface area contributed by atoms with Crippen molar-refractivity contribution >= 4 is 16.8 Å². The minimum absolute atomic E-state index is 0. The van der Waals surface area contributed by atoms with Crippen molar-refractivity contribution in [1.29, 1.82) is 0 Å². The summed E-state index contributed by atoms with van der Waals surface area (Å²) < 4.78 is 0. The van der Waals surface area contributed by atoms with Gasteiger partial charge in [0, 0.05) is 16.8 Å². The average molecular weight is 278 g/mol. The smallest absolute Gasteiger partial charge is 0 e. The molecule has 0 spiro atoms. The first-order valence-corrected chi connectivity index (χ1v) is 7.13. The highest BCUT2D eigenvalue weighted by molar-refractivity contribution is 5.76. The van der Waals surface area contributed by atoms with Crippen LogP contribution < -0.4 is 0 Å². The van der Waals surface area contributed by atoms with Crippen molar-refractivity contribution in [1.82, 2.24) is 0 Å². The minimum atomic E-state index is 0. The van der Waals surface area contributed by atoms with Crippen molar-refractivity contribution < 1.29 is 0 Å². The molecule has 0 unspecified atom stereocenters. The molecule has 0 aliphatic heterocycles. The highest BCUT2D eigenvalue weighted by Crippen LogP contribution is 2.30. The summed E-state index contributed by atoms with van der Waals surface area (Å²) in [6.07, 6.45) is 7.73. The summed E-state index contributed by atoms with van der Waals surface area (Å²) in [6, 6.07) is 10.6. The van der Waals surface area contributed by atoms with E-state index in [9.17, 15) is 0 Å². The van der Waals surface area contributed by atoms with Gasteiger partial charge in [0.2, 0.25) is 0 Å². The van der Waals surface area contributed by atoms with Crippen LogP contribution in [0.15, 0.2) is 54.1 Å². The molecule has 0 atom stereocenters. The van der Waals surface area contributed by atoms with E-state index in [1.807, 2.05) is 0 Å². The zero-order chi connectivity index (χ0) is 14.5. The summed E-state index contributed by atoms with van der Waals surface area (Å²) in [4.78, 5) is 0. The van der Waals surface area contributed by atoms with Crippen LogP contribution in [0, 0.1) is 5.41 Å². The largest absolute Gasteiger partial charge is 0.0804 e. The first kappa shape index (κ1) is 22.1. The molecule has 6 radical (unpaired) electrons. The van der Waals surface area contributed by atoms with Crippen molar-refractivity contribution in [2.45, 2.75) is 53.4 Å². The van der Waals surface area contributed by atoms with Gasteiger partial charge >= 0.3 is 0 Å². The summed E-state index contributed by atoms with van der Waals surface area (Å²) in [6.45, 7) is 13.4. The van der Waals surface area contributed by atoms with Gasteiger partial charge in [-0.3, -0.25) is 0 Å². The summed E-state index contributed by atoms with van der Waals surface area (Å²) in [5.74, 6) is 0. The lowest BCUT2D eigenvalue weighted by Crippen LogP contribution is -2.10. The molecule has 0 saturated carbocycles. The van der Waals surface area contributed by atoms with E-state index < -0.39 is 0 Å². The summed E-state index contributed by atoms with van der Waals surface area (Å²) >= 11 is 0. The lowest BCUT2D eigenvalue weighted by atomic mass is 9.86. The summed E-state index contributed by atoms with van der Waals surface area (Å²) in [7, 11) is 0. The maximum absolute atomic E-state index is 2.26. The second-order valence-corrected chi connectivity index (χ2v) is 7.19. The normalized spacial score (nSPS) is 13.3. The molecule has 1 aromatic carbocycles. The molecule has 21 heavy (non-hydrogen) atoms. The summed E-state index contributed by atoms with van der Waals surface area (Å²) in [5, 5.41) is 0. The number of rotatable bonds is 0. The van der Waals surface area contributed by atoms with Crippen LogP contribution >= 0.6 is 0 Å². The predicted molar refractivity (Wildman–Crippen MR) is 97.9 cm³/mol. The van der Waals surface area contributed by atoms with Crippen molar-refractivity contribution in [3.63, 3.8) is 0 Å². The quantitative estimate of drug-likeness (QED) is 0.576. The van der Waals surface area contributed by atoms with E-state index in [2.05, 4.69) is 90.1 Å². The van der Waals surface area contributed by atoms with E-state index in [1.54, 1.807) is 5.57 Å². The van der Waals surface area contributed by atoms with E-state index in [-0.39, 0.29) is 16.8 Å². The zero-order valence-electron chi connectivity index (χ0n) is 14.5. The highest BCUT2D eigenvalue weighted by Gasteiger charge is 2.16. The second kappa shape index (κ2) is 8.97. The number of hydrogen-bond acceptors (Lipinski definition) is 0. The minimum Gasteiger partial charge on any atom is -0.0804 e. The number of allylic oxidation sites excluding steroid dienone is 4. The van der Waals surface area contributed by atoms with Gasteiger partial charge in [0.25, 0.3) is 0 Å². The molecule has 0 bridgehead atoms. The molecule has 0 heterocycles. The van der Waals surface area contributed by atoms with Crippen LogP contribution in [0.5, 0.6) is 0 Å². The van der Waals surface area contributed by atoms with Gasteiger partial charge < -0.3 is 0 Å². The third-order valence-corrected chi connectivity index (χ3v) is 3.37. The fourth-order valence-electron chi connectivity index (χ4n) is 1.94. The lowest BCUT2D eigenvalue weighted by Gasteiger charge is -2.19. The van der Waals surface area contributed by atoms with Crippen LogP contribution in [0.25, 0.3) is 0 Å². The molecular weight excluding hydrogens is 250 g/mol. The van der Waals surface area contributed by atoms with Gasteiger partial charge in [-0.15, -0.1) is 0 Å². The van der Waals surface area contributed by atoms with Crippen molar-refractivity contribution in [2.75, 3.05) is 0 Å². The Morgan fingerprint density at radius 1 is 0.762 bits per heavy atom. The standard InChI is InChI=1S/C10H14.C9H14.2B/c1-10(2,3)9-7-5-4-6-8-9;1-9(2,3)8-6-4-5-7-8;;/h4-8H,1-3H3;4-6H,7H2,1-3H3;;. The molecule has 1 aliphatic rings. The first-order valence-electron chi connectivity index (χ1n) is 7.13. The Morgan fingerprint density at radius 2 is 1.29 bits per heavy atom. The van der Waals surface area contributed by atoms with Gasteiger partial charge in [0.1, 0.15) is 0 Å². The van der Waals surface area contributed by atoms with Crippen LogP contribution in [-0.2, 0) is 5.41 Å². The van der Waals surface area contributed by atoms with Crippen LogP contribution in [0.1, 0.15) is 53.5 Å². The third-order valence-electron chi connectivity index (χ3n) is 3.37. The topological polar surface area (TPSA) is 0 Å². The fraction of sp³-hybridized carbons (Fsp3) is 0.474. The van der Waals surface area contributed by atoms with Gasteiger partial charge in [-0.1, -0.05) is 95.7 Å². The maximum Gasteiger partial charge on any atom is 0 e. The average Bonchev–Trinajstić information content (AvgIpc) is 2.83. The van der Waals surface area contributed by atoms with Crippen molar-refractivity contribution in [2.24, 2.45) is 5.41 Å². The molecule has 2 heteroatoms. The molecule has 0 nitrogen and oxygen atoms in total. The fourth-order valence-corrected chi connectivity index (χ4v) is 1.94. The maximum atomic E-state index is 2.26. The van der Waals surface area contributed by atoms with Crippen molar-refractivity contribution in [3.05, 3.63) is 59.7 Å². The van der Waals surface area contributed by atoms with E-state index >= 15 is 0 Å². The summed E-state index contributed by atoms with van der Waals surface area (Å²) in [5.41, 5.74) is 3.61. The Hall–Kier alpha value is -1.17. The van der Waals surface area contributed by atoms with Crippen LogP contribution in [-0.4, -0.2) is 16.8 Å². The third kappa shape index (κ3) is 7.99. The van der Waals surface area contributed by atoms with Crippen LogP contribution in [0.3, 0.4) is 0 Å². The molecule has 2 rings (SSSR count). The molecule has 1 aromatic rings. The molecule has 0 aromatic heterocycles. The van der Waals surface area contributed by atoms with Crippen LogP contribution in [0.4, 0.5) is 0 Å². The Morgan fingerprint density at radius 3 is 1.52 bits per heavy atom. The number of hydrogen-bond donors (Lipinski definition) is 0. The number of benzene rings is 1. The SMILES string of the molecule is CC(C)(C)C1=CC=CC1.CC(C)(C)c1ccccc1.[B].[B]. The predicted octanol–water partition coefficient (Wildman–Crippen LogP) is 5.14. The Labute approximate surface area is 135 Å². The lowest BCUT2D eigenvalue weighted by molar-refractivity contribution is 0.496. The second-order valence-electron chi connectivity index (χ2n) is 7.19. The molecule has 0 N–H and O–H groups in total. The van der Waals surface area contributed by atoms with Crippen LogP contribution in [0.2, 0.25) is 0 Å².